The van der Waals surface area contributed by atoms with E-state index in [0.29, 0.717) is 17.7 Å². The molecule has 0 spiro atoms. The molecule has 2 unspecified atom stereocenters. The van der Waals surface area contributed by atoms with Crippen molar-refractivity contribution in [2.75, 3.05) is 6.54 Å². The highest BCUT2D eigenvalue weighted by Crippen LogP contribution is 2.17. The van der Waals surface area contributed by atoms with Crippen LogP contribution >= 0.6 is 0 Å². The summed E-state index contributed by atoms with van der Waals surface area (Å²) in [4.78, 5) is 47.6. The second-order valence-corrected chi connectivity index (χ2v) is 11.6. The van der Waals surface area contributed by atoms with E-state index in [1.54, 1.807) is 0 Å². The number of carbonyl (C=O) groups excluding carboxylic acids is 2. The highest BCUT2D eigenvalue weighted by atomic mass is 32.2. The fourth-order valence-corrected chi connectivity index (χ4v) is 5.20. The Morgan fingerprint density at radius 2 is 1.11 bits per heavy atom. The molecule has 12 heteroatoms. The second-order valence-electron chi connectivity index (χ2n) is 9.96. The number of nitrogens with two attached hydrogens (primary N) is 1. The third kappa shape index (κ3) is 17.3. The third-order valence-corrected chi connectivity index (χ3v) is 7.67. The summed E-state index contributed by atoms with van der Waals surface area (Å²) < 4.78 is 32.8. The largest absolute Gasteiger partial charge is 0.481 e. The van der Waals surface area contributed by atoms with Crippen LogP contribution in [0.25, 0.3) is 0 Å². The highest BCUT2D eigenvalue weighted by molar-refractivity contribution is 7.87. The van der Waals surface area contributed by atoms with E-state index in [9.17, 15) is 37.3 Å². The molecule has 0 bridgehead atoms. The highest BCUT2D eigenvalue weighted by Gasteiger charge is 2.40. The van der Waals surface area contributed by atoms with Crippen LogP contribution < -0.4 is 5.73 Å². The summed E-state index contributed by atoms with van der Waals surface area (Å²) in [7, 11) is -5.09. The summed E-state index contributed by atoms with van der Waals surface area (Å²) in [5.41, 5.74) is 4.99. The Kier molecular flexibility index (Phi) is 19.5. The topological polar surface area (TPSA) is 192 Å². The molecule has 0 radical (unpaired) electrons. The number of carboxylic acids is 2. The maximum absolute atomic E-state index is 12.9. The lowest BCUT2D eigenvalue weighted by Gasteiger charge is -2.30. The van der Waals surface area contributed by atoms with E-state index >= 15 is 0 Å². The molecule has 0 aliphatic carbocycles. The number of amides is 2. The van der Waals surface area contributed by atoms with Gasteiger partial charge in [0.05, 0.1) is 12.8 Å². The Morgan fingerprint density at radius 3 is 1.42 bits per heavy atom. The van der Waals surface area contributed by atoms with Crippen molar-refractivity contribution in [2.24, 2.45) is 5.73 Å². The lowest BCUT2D eigenvalue weighted by Crippen LogP contribution is -2.52. The summed E-state index contributed by atoms with van der Waals surface area (Å²) in [6.07, 6.45) is 15.8. The maximum Gasteiger partial charge on any atom is 0.327 e. The van der Waals surface area contributed by atoms with Crippen LogP contribution in [0.15, 0.2) is 0 Å². The number of primary amides is 1. The van der Waals surface area contributed by atoms with Crippen molar-refractivity contribution in [3.05, 3.63) is 0 Å². The Hall–Kier alpha value is -2.21. The normalized spacial score (nSPS) is 13.1. The molecule has 0 saturated heterocycles. The first kappa shape index (κ1) is 35.8. The predicted molar refractivity (Wildman–Crippen MR) is 144 cm³/mol. The maximum atomic E-state index is 12.9. The molecule has 0 aliphatic rings. The summed E-state index contributed by atoms with van der Waals surface area (Å²) in [5.74, 6) is -5.68. The molecule has 0 fully saturated rings. The number of carboxylic acid groups (broad SMARTS) is 2. The lowest BCUT2D eigenvalue weighted by atomic mass is 10.0. The van der Waals surface area contributed by atoms with Gasteiger partial charge in [-0.2, -0.15) is 8.42 Å². The molecule has 2 atom stereocenters. The number of aliphatic carboxylic acids is 2. The molecule has 38 heavy (non-hydrogen) atoms. The number of unbranched alkanes of at least 4 members (excludes halogenated alkanes) is 15. The zero-order valence-electron chi connectivity index (χ0n) is 22.8. The molecule has 5 N–H and O–H groups in total. The average Bonchev–Trinajstić information content (AvgIpc) is 2.82. The van der Waals surface area contributed by atoms with Crippen molar-refractivity contribution in [2.45, 2.75) is 134 Å². The average molecular weight is 565 g/mol. The number of rotatable bonds is 25. The van der Waals surface area contributed by atoms with E-state index < -0.39 is 58.0 Å². The molecule has 2 amide bonds. The molecule has 0 aromatic heterocycles. The van der Waals surface area contributed by atoms with Crippen LogP contribution in [-0.4, -0.2) is 69.7 Å². The van der Waals surface area contributed by atoms with E-state index in [4.69, 9.17) is 10.8 Å². The van der Waals surface area contributed by atoms with E-state index in [2.05, 4.69) is 6.92 Å². The van der Waals surface area contributed by atoms with Crippen molar-refractivity contribution >= 4 is 33.9 Å². The van der Waals surface area contributed by atoms with Crippen LogP contribution in [0, 0.1) is 0 Å². The third-order valence-electron chi connectivity index (χ3n) is 6.59. The number of hydrogen-bond acceptors (Lipinski definition) is 6. The van der Waals surface area contributed by atoms with Crippen molar-refractivity contribution in [3.8, 4) is 0 Å². The Balaban J connectivity index is 4.56. The van der Waals surface area contributed by atoms with Crippen LogP contribution in [0.1, 0.15) is 122 Å². The summed E-state index contributed by atoms with van der Waals surface area (Å²) in [5, 5.41) is 16.3. The molecule has 222 valence electrons. The zero-order valence-corrected chi connectivity index (χ0v) is 23.6. The molecule has 0 aliphatic heterocycles. The first-order chi connectivity index (χ1) is 17.9. The minimum atomic E-state index is -5.09. The summed E-state index contributed by atoms with van der Waals surface area (Å²) in [6.45, 7) is 1.99. The lowest BCUT2D eigenvalue weighted by molar-refractivity contribution is -0.154. The Morgan fingerprint density at radius 1 is 0.711 bits per heavy atom. The van der Waals surface area contributed by atoms with Gasteiger partial charge in [0, 0.05) is 6.54 Å². The van der Waals surface area contributed by atoms with Gasteiger partial charge in [0.1, 0.15) is 6.04 Å². The molecule has 0 rings (SSSR count). The van der Waals surface area contributed by atoms with Gasteiger partial charge in [0.25, 0.3) is 10.1 Å². The van der Waals surface area contributed by atoms with Crippen LogP contribution in [0.4, 0.5) is 0 Å². The standard InChI is InChI=1S/C26H48N2O9S/c1-2-3-4-5-6-7-8-9-10-11-12-13-14-15-16-17-18-28(21(26(33)34)19-24(30)31)25(32)22(20-23(27)29)38(35,36)37/h21-22H,2-20H2,1H3,(H2,27,29)(H,30,31)(H,33,34)(H,35,36,37). The van der Waals surface area contributed by atoms with Crippen molar-refractivity contribution in [3.63, 3.8) is 0 Å². The molecule has 0 aromatic carbocycles. The molecular weight excluding hydrogens is 516 g/mol. The van der Waals surface area contributed by atoms with Gasteiger partial charge in [-0.1, -0.05) is 103 Å². The van der Waals surface area contributed by atoms with Crippen LogP contribution in [-0.2, 0) is 29.3 Å². The van der Waals surface area contributed by atoms with Crippen LogP contribution in [0.3, 0.4) is 0 Å². The van der Waals surface area contributed by atoms with E-state index in [0.717, 1.165) is 25.7 Å². The van der Waals surface area contributed by atoms with Crippen molar-refractivity contribution in [1.29, 1.82) is 0 Å². The predicted octanol–water partition coefficient (Wildman–Crippen LogP) is 4.14. The smallest absolute Gasteiger partial charge is 0.327 e. The van der Waals surface area contributed by atoms with Gasteiger partial charge in [-0.05, 0) is 6.42 Å². The van der Waals surface area contributed by atoms with Crippen molar-refractivity contribution in [1.82, 2.24) is 4.90 Å². The van der Waals surface area contributed by atoms with Gasteiger partial charge in [-0.3, -0.25) is 18.9 Å². The molecule has 11 nitrogen and oxygen atoms in total. The van der Waals surface area contributed by atoms with E-state index in [1.807, 2.05) is 0 Å². The molecule has 0 heterocycles. The number of hydrogen-bond donors (Lipinski definition) is 4. The van der Waals surface area contributed by atoms with Gasteiger partial charge >= 0.3 is 11.9 Å². The van der Waals surface area contributed by atoms with E-state index in [-0.39, 0.29) is 6.54 Å². The first-order valence-electron chi connectivity index (χ1n) is 13.9. The molecular formula is C26H48N2O9S. The minimum absolute atomic E-state index is 0.230. The van der Waals surface area contributed by atoms with Crippen LogP contribution in [0.5, 0.6) is 0 Å². The van der Waals surface area contributed by atoms with Gasteiger partial charge < -0.3 is 20.8 Å². The quantitative estimate of drug-likeness (QED) is 0.0931. The van der Waals surface area contributed by atoms with Gasteiger partial charge in [0.15, 0.2) is 5.25 Å². The SMILES string of the molecule is CCCCCCCCCCCCCCCCCCN(C(=O)C(CC(N)=O)S(=O)(=O)O)C(CC(=O)O)C(=O)O. The summed E-state index contributed by atoms with van der Waals surface area (Å²) >= 11 is 0. The number of carbonyl (C=O) groups is 4. The number of nitrogens with zero attached hydrogens (tertiary/aromatic N) is 1. The first-order valence-corrected chi connectivity index (χ1v) is 15.4. The zero-order chi connectivity index (χ0) is 29.0. The Labute approximate surface area is 227 Å². The molecule has 0 aromatic rings. The van der Waals surface area contributed by atoms with Gasteiger partial charge in [0.2, 0.25) is 11.8 Å². The van der Waals surface area contributed by atoms with E-state index in [1.165, 1.54) is 64.2 Å². The molecule has 0 saturated carbocycles. The fourth-order valence-electron chi connectivity index (χ4n) is 4.43. The fraction of sp³-hybridized carbons (Fsp3) is 0.846. The van der Waals surface area contributed by atoms with Crippen LogP contribution in [0.2, 0.25) is 0 Å². The Bertz CT molecular complexity index is 818. The minimum Gasteiger partial charge on any atom is -0.481 e. The summed E-state index contributed by atoms with van der Waals surface area (Å²) in [6, 6.07) is -1.85. The van der Waals surface area contributed by atoms with Crippen molar-refractivity contribution < 1.29 is 42.4 Å². The second kappa shape index (κ2) is 20.7. The monoisotopic (exact) mass is 564 g/mol. The van der Waals surface area contributed by atoms with Gasteiger partial charge in [-0.25, -0.2) is 4.79 Å². The van der Waals surface area contributed by atoms with Gasteiger partial charge in [-0.15, -0.1) is 0 Å².